The predicted octanol–water partition coefficient (Wildman–Crippen LogP) is 1.01. The fraction of sp³-hybridized carbons (Fsp3) is 0.167. The van der Waals surface area contributed by atoms with E-state index in [0.29, 0.717) is 18.9 Å². The van der Waals surface area contributed by atoms with Gasteiger partial charge in [-0.3, -0.25) is 0 Å². The van der Waals surface area contributed by atoms with Gasteiger partial charge in [0.25, 0.3) is 0 Å². The number of nitrogens with two attached hydrogens (primary N) is 2. The van der Waals surface area contributed by atoms with Gasteiger partial charge in [0.2, 0.25) is 5.82 Å². The molecule has 9 heteroatoms. The number of nitrogen functional groups attached to an aromatic ring is 2. The lowest BCUT2D eigenvalue weighted by atomic mass is 10.3. The average Bonchev–Trinajstić information content (AvgIpc) is 2.48. The second-order valence-corrected chi connectivity index (χ2v) is 3.94. The van der Waals surface area contributed by atoms with E-state index < -0.39 is 10.9 Å². The van der Waals surface area contributed by atoms with E-state index in [0.717, 1.165) is 11.5 Å². The van der Waals surface area contributed by atoms with Crippen molar-refractivity contribution in [3.8, 4) is 11.5 Å². The number of ether oxygens (including phenoxy) is 2. The highest BCUT2D eigenvalue weighted by Crippen LogP contribution is 2.31. The van der Waals surface area contributed by atoms with Crippen LogP contribution >= 0.6 is 0 Å². The topological polar surface area (TPSA) is 139 Å². The molecule has 0 saturated heterocycles. The van der Waals surface area contributed by atoms with E-state index in [1.807, 2.05) is 6.07 Å². The number of aromatic nitrogens is 2. The molecular weight excluding hydrogens is 278 g/mol. The van der Waals surface area contributed by atoms with Gasteiger partial charge in [0, 0.05) is 17.8 Å². The zero-order chi connectivity index (χ0) is 15.2. The Bertz CT molecular complexity index is 649. The third-order valence-corrected chi connectivity index (χ3v) is 2.39. The minimum atomic E-state index is -0.698. The van der Waals surface area contributed by atoms with Gasteiger partial charge in [0.05, 0.1) is 0 Å². The Morgan fingerprint density at radius 2 is 1.86 bits per heavy atom. The summed E-state index contributed by atoms with van der Waals surface area (Å²) in [5, 5.41) is 9.98. The van der Waals surface area contributed by atoms with Gasteiger partial charge < -0.3 is 31.1 Å². The molecule has 0 amide bonds. The molecule has 2 aromatic rings. The molecule has 1 aliphatic heterocycles. The molecule has 2 heterocycles. The van der Waals surface area contributed by atoms with Crippen LogP contribution in [0.1, 0.15) is 0 Å². The second-order valence-electron chi connectivity index (χ2n) is 3.94. The zero-order valence-corrected chi connectivity index (χ0v) is 10.9. The molecular formula is C12H13N5O4. The molecule has 1 aromatic carbocycles. The van der Waals surface area contributed by atoms with Crippen LogP contribution < -0.4 is 20.9 Å². The highest BCUT2D eigenvalue weighted by Gasteiger charge is 2.10. The minimum absolute atomic E-state index is 0.0988. The van der Waals surface area contributed by atoms with Gasteiger partial charge in [0.1, 0.15) is 19.4 Å². The van der Waals surface area contributed by atoms with Crippen molar-refractivity contribution in [2.45, 2.75) is 0 Å². The Hall–Kier alpha value is -3.10. The first-order chi connectivity index (χ1) is 10.1. The highest BCUT2D eigenvalue weighted by atomic mass is 16.6. The van der Waals surface area contributed by atoms with Crippen LogP contribution in [0.3, 0.4) is 0 Å². The lowest BCUT2D eigenvalue weighted by Gasteiger charge is -2.17. The van der Waals surface area contributed by atoms with Gasteiger partial charge in [-0.1, -0.05) is 4.98 Å². The van der Waals surface area contributed by atoms with Crippen LogP contribution in [0.4, 0.5) is 17.5 Å². The van der Waals surface area contributed by atoms with Crippen molar-refractivity contribution in [2.24, 2.45) is 0 Å². The Balaban J connectivity index is 0.000000155. The predicted molar refractivity (Wildman–Crippen MR) is 74.9 cm³/mol. The summed E-state index contributed by atoms with van der Waals surface area (Å²) in [6.45, 7) is 1.23. The summed E-state index contributed by atoms with van der Waals surface area (Å²) in [4.78, 5) is 16.0. The average molecular weight is 291 g/mol. The van der Waals surface area contributed by atoms with E-state index in [-0.39, 0.29) is 5.82 Å². The molecule has 9 nitrogen and oxygen atoms in total. The third-order valence-electron chi connectivity index (χ3n) is 2.39. The van der Waals surface area contributed by atoms with Crippen LogP contribution in [0, 0.1) is 10.1 Å². The second kappa shape index (κ2) is 6.37. The summed E-state index contributed by atoms with van der Waals surface area (Å²) in [5.41, 5.74) is 11.4. The molecule has 4 N–H and O–H groups in total. The van der Waals surface area contributed by atoms with Crippen molar-refractivity contribution in [1.29, 1.82) is 0 Å². The van der Waals surface area contributed by atoms with Crippen LogP contribution in [0.2, 0.25) is 0 Å². The van der Waals surface area contributed by atoms with E-state index in [1.54, 1.807) is 12.1 Å². The number of nitro groups is 1. The maximum Gasteiger partial charge on any atom is 0.470 e. The molecule has 0 saturated carbocycles. The highest BCUT2D eigenvalue weighted by molar-refractivity contribution is 5.52. The van der Waals surface area contributed by atoms with Crippen LogP contribution in [-0.2, 0) is 0 Å². The Morgan fingerprint density at radius 1 is 1.14 bits per heavy atom. The number of anilines is 2. The monoisotopic (exact) mass is 291 g/mol. The molecule has 0 spiro atoms. The van der Waals surface area contributed by atoms with Gasteiger partial charge in [-0.05, 0) is 22.0 Å². The molecule has 0 atom stereocenters. The molecule has 0 bridgehead atoms. The summed E-state index contributed by atoms with van der Waals surface area (Å²) in [6.07, 6.45) is 1.24. The first kappa shape index (κ1) is 14.3. The van der Waals surface area contributed by atoms with Crippen molar-refractivity contribution in [1.82, 2.24) is 9.97 Å². The van der Waals surface area contributed by atoms with Crippen molar-refractivity contribution in [3.63, 3.8) is 0 Å². The van der Waals surface area contributed by atoms with E-state index in [2.05, 4.69) is 9.97 Å². The third kappa shape index (κ3) is 3.93. The van der Waals surface area contributed by atoms with Gasteiger partial charge >= 0.3 is 5.95 Å². The van der Waals surface area contributed by atoms with E-state index in [1.165, 1.54) is 12.3 Å². The molecule has 0 fully saturated rings. The van der Waals surface area contributed by atoms with Crippen molar-refractivity contribution in [3.05, 3.63) is 40.6 Å². The molecule has 1 aliphatic rings. The van der Waals surface area contributed by atoms with E-state index >= 15 is 0 Å². The number of nitrogens with zero attached hydrogens (tertiary/aromatic N) is 3. The number of fused-ring (bicyclic) bond motifs is 1. The van der Waals surface area contributed by atoms with Gasteiger partial charge in [-0.15, -0.1) is 0 Å². The minimum Gasteiger partial charge on any atom is -0.486 e. The summed E-state index contributed by atoms with van der Waals surface area (Å²) in [6, 6.07) is 6.78. The van der Waals surface area contributed by atoms with Gasteiger partial charge in [-0.25, -0.2) is 0 Å². The maximum atomic E-state index is 9.98. The molecule has 21 heavy (non-hydrogen) atoms. The first-order valence-electron chi connectivity index (χ1n) is 5.94. The summed E-state index contributed by atoms with van der Waals surface area (Å²) < 4.78 is 10.6. The molecule has 0 radical (unpaired) electrons. The quantitative estimate of drug-likeness (QED) is 0.450. The van der Waals surface area contributed by atoms with Crippen LogP contribution in [0.25, 0.3) is 0 Å². The summed E-state index contributed by atoms with van der Waals surface area (Å²) in [5.74, 6) is 1.16. The first-order valence-corrected chi connectivity index (χ1v) is 5.94. The van der Waals surface area contributed by atoms with Crippen molar-refractivity contribution >= 4 is 17.5 Å². The number of hydrogen-bond donors (Lipinski definition) is 2. The fourth-order valence-corrected chi connectivity index (χ4v) is 1.51. The van der Waals surface area contributed by atoms with Crippen LogP contribution in [-0.4, -0.2) is 28.1 Å². The SMILES string of the molecule is Nc1ccc2c(c1)OCCO2.Nc1ccnc([N+](=O)[O-])n1. The Kier molecular flexibility index (Phi) is 4.34. The molecule has 3 rings (SSSR count). The standard InChI is InChI=1S/C8H9NO2.C4H4N4O2/c9-6-1-2-7-8(5-6)11-4-3-10-7;5-3-1-2-6-4(7-3)8(9)10/h1-2,5H,3-4,9H2;1-2H,(H2,5,6,7). The fourth-order valence-electron chi connectivity index (χ4n) is 1.51. The number of benzene rings is 1. The van der Waals surface area contributed by atoms with Crippen LogP contribution in [0.15, 0.2) is 30.5 Å². The maximum absolute atomic E-state index is 9.98. The normalized spacial score (nSPS) is 12.0. The smallest absolute Gasteiger partial charge is 0.470 e. The molecule has 0 unspecified atom stereocenters. The number of rotatable bonds is 1. The molecule has 0 aliphatic carbocycles. The zero-order valence-electron chi connectivity index (χ0n) is 10.9. The van der Waals surface area contributed by atoms with Crippen LogP contribution in [0.5, 0.6) is 11.5 Å². The van der Waals surface area contributed by atoms with Gasteiger partial charge in [0.15, 0.2) is 11.5 Å². The van der Waals surface area contributed by atoms with Crippen molar-refractivity contribution < 1.29 is 14.4 Å². The van der Waals surface area contributed by atoms with Gasteiger partial charge in [-0.2, -0.15) is 0 Å². The number of hydrogen-bond acceptors (Lipinski definition) is 8. The summed E-state index contributed by atoms with van der Waals surface area (Å²) in [7, 11) is 0. The summed E-state index contributed by atoms with van der Waals surface area (Å²) >= 11 is 0. The van der Waals surface area contributed by atoms with E-state index in [4.69, 9.17) is 20.9 Å². The Labute approximate surface area is 119 Å². The van der Waals surface area contributed by atoms with E-state index in [9.17, 15) is 10.1 Å². The molecule has 1 aromatic heterocycles. The lowest BCUT2D eigenvalue weighted by molar-refractivity contribution is -0.394. The lowest BCUT2D eigenvalue weighted by Crippen LogP contribution is -2.15. The Morgan fingerprint density at radius 3 is 2.48 bits per heavy atom. The largest absolute Gasteiger partial charge is 0.486 e. The molecule has 110 valence electrons. The van der Waals surface area contributed by atoms with Crippen molar-refractivity contribution in [2.75, 3.05) is 24.7 Å².